The Kier molecular flexibility index (Phi) is 4.96. The molecule has 1 aromatic carbocycles. The summed E-state index contributed by atoms with van der Waals surface area (Å²) in [5.74, 6) is 1.18. The van der Waals surface area contributed by atoms with E-state index < -0.39 is 0 Å². The molecule has 0 radical (unpaired) electrons. The quantitative estimate of drug-likeness (QED) is 0.675. The molecule has 148 valence electrons. The summed E-state index contributed by atoms with van der Waals surface area (Å²) in [4.78, 5) is 22.8. The maximum Gasteiger partial charge on any atom is 0.266 e. The van der Waals surface area contributed by atoms with Gasteiger partial charge in [0.2, 0.25) is 11.6 Å². The fourth-order valence-electron chi connectivity index (χ4n) is 3.30. The number of nitrogens with zero attached hydrogens (tertiary/aromatic N) is 5. The summed E-state index contributed by atoms with van der Waals surface area (Å²) >= 11 is 0. The van der Waals surface area contributed by atoms with E-state index in [2.05, 4.69) is 11.1 Å². The Morgan fingerprint density at radius 2 is 1.86 bits per heavy atom. The van der Waals surface area contributed by atoms with Crippen LogP contribution in [-0.2, 0) is 0 Å². The minimum absolute atomic E-state index is 0.00399. The van der Waals surface area contributed by atoms with Gasteiger partial charge in [0.1, 0.15) is 6.07 Å². The molecule has 2 aromatic heterocycles. The average Bonchev–Trinajstić information content (AvgIpc) is 3.43. The second-order valence-electron chi connectivity index (χ2n) is 6.98. The number of hydrogen-bond acceptors (Lipinski definition) is 7. The van der Waals surface area contributed by atoms with Crippen molar-refractivity contribution in [3.8, 4) is 17.7 Å². The maximum absolute atomic E-state index is 12.8. The summed E-state index contributed by atoms with van der Waals surface area (Å²) in [7, 11) is 3.93. The molecular formula is C21H21N5O3. The zero-order valence-corrected chi connectivity index (χ0v) is 16.3. The molecule has 8 nitrogen and oxygen atoms in total. The van der Waals surface area contributed by atoms with Gasteiger partial charge in [-0.05, 0) is 36.4 Å². The highest BCUT2D eigenvalue weighted by Crippen LogP contribution is 2.29. The van der Waals surface area contributed by atoms with Crippen molar-refractivity contribution in [3.63, 3.8) is 0 Å². The van der Waals surface area contributed by atoms with Crippen molar-refractivity contribution >= 4 is 17.5 Å². The first-order valence-electron chi connectivity index (χ1n) is 9.33. The molecule has 0 saturated carbocycles. The topological polar surface area (TPSA) is 89.8 Å². The van der Waals surface area contributed by atoms with Crippen molar-refractivity contribution in [2.45, 2.75) is 0 Å². The van der Waals surface area contributed by atoms with Gasteiger partial charge in [-0.25, -0.2) is 0 Å². The number of anilines is 2. The van der Waals surface area contributed by atoms with Gasteiger partial charge in [-0.2, -0.15) is 10.2 Å². The predicted molar refractivity (Wildman–Crippen MR) is 108 cm³/mol. The fraction of sp³-hybridized carbons (Fsp3) is 0.286. The summed E-state index contributed by atoms with van der Waals surface area (Å²) in [6.07, 6.45) is 1.53. The van der Waals surface area contributed by atoms with Gasteiger partial charge in [0, 0.05) is 51.5 Å². The van der Waals surface area contributed by atoms with Crippen molar-refractivity contribution in [2.75, 3.05) is 50.1 Å². The molecule has 29 heavy (non-hydrogen) atoms. The van der Waals surface area contributed by atoms with E-state index in [9.17, 15) is 10.1 Å². The number of furan rings is 1. The summed E-state index contributed by atoms with van der Waals surface area (Å²) in [6.45, 7) is 2.19. The van der Waals surface area contributed by atoms with Crippen molar-refractivity contribution < 1.29 is 13.6 Å². The third kappa shape index (κ3) is 3.67. The molecule has 3 heterocycles. The molecule has 0 bridgehead atoms. The number of carbonyl (C=O) groups is 1. The van der Waals surface area contributed by atoms with E-state index in [1.165, 1.54) is 6.26 Å². The molecular weight excluding hydrogens is 370 g/mol. The Morgan fingerprint density at radius 3 is 2.45 bits per heavy atom. The van der Waals surface area contributed by atoms with Crippen LogP contribution in [0.15, 0.2) is 51.5 Å². The molecule has 8 heteroatoms. The monoisotopic (exact) mass is 391 g/mol. The normalized spacial score (nSPS) is 14.0. The van der Waals surface area contributed by atoms with Crippen LogP contribution in [0.1, 0.15) is 16.1 Å². The van der Waals surface area contributed by atoms with Crippen LogP contribution in [0.4, 0.5) is 11.6 Å². The Morgan fingerprint density at radius 1 is 1.14 bits per heavy atom. The number of oxazole rings is 1. The lowest BCUT2D eigenvalue weighted by Crippen LogP contribution is -2.48. The first-order chi connectivity index (χ1) is 14.1. The molecule has 0 aliphatic carbocycles. The van der Waals surface area contributed by atoms with Crippen LogP contribution in [0.3, 0.4) is 0 Å². The summed E-state index contributed by atoms with van der Waals surface area (Å²) in [6, 6.07) is 13.1. The van der Waals surface area contributed by atoms with Gasteiger partial charge < -0.3 is 23.5 Å². The second-order valence-corrected chi connectivity index (χ2v) is 6.98. The van der Waals surface area contributed by atoms with Gasteiger partial charge in [0.15, 0.2) is 5.76 Å². The van der Waals surface area contributed by atoms with Crippen molar-refractivity contribution in [3.05, 3.63) is 53.9 Å². The smallest absolute Gasteiger partial charge is 0.266 e. The number of piperazine rings is 1. The van der Waals surface area contributed by atoms with Crippen LogP contribution in [0.25, 0.3) is 11.7 Å². The molecule has 0 unspecified atom stereocenters. The van der Waals surface area contributed by atoms with Crippen LogP contribution in [0.5, 0.6) is 0 Å². The first-order valence-corrected chi connectivity index (χ1v) is 9.33. The maximum atomic E-state index is 12.8. The Balaban J connectivity index is 1.44. The molecule has 1 amide bonds. The third-order valence-corrected chi connectivity index (χ3v) is 4.93. The lowest BCUT2D eigenvalue weighted by molar-refractivity contribution is 0.0745. The Hall–Kier alpha value is -3.73. The van der Waals surface area contributed by atoms with Gasteiger partial charge in [-0.15, -0.1) is 0 Å². The SMILES string of the molecule is CN(C)c1ccc(C(=O)N2CCN(c3oc(-c4ccco4)nc3C#N)CC2)cc1. The molecule has 1 fully saturated rings. The van der Waals surface area contributed by atoms with E-state index in [1.54, 1.807) is 12.1 Å². The van der Waals surface area contributed by atoms with E-state index >= 15 is 0 Å². The molecule has 1 saturated heterocycles. The standard InChI is InChI=1S/C21H21N5O3/c1-24(2)16-7-5-15(6-8-16)20(27)25-9-11-26(12-10-25)21-17(14-22)23-19(29-21)18-4-3-13-28-18/h3-8,13H,9-12H2,1-2H3. The molecule has 0 atom stereocenters. The largest absolute Gasteiger partial charge is 0.459 e. The number of benzene rings is 1. The van der Waals surface area contributed by atoms with Crippen LogP contribution in [0, 0.1) is 11.3 Å². The Labute approximate surface area is 168 Å². The minimum Gasteiger partial charge on any atom is -0.459 e. The number of amides is 1. The molecule has 3 aromatic rings. The number of rotatable bonds is 4. The third-order valence-electron chi connectivity index (χ3n) is 4.93. The van der Waals surface area contributed by atoms with Crippen molar-refractivity contribution in [1.29, 1.82) is 5.26 Å². The highest BCUT2D eigenvalue weighted by atomic mass is 16.4. The van der Waals surface area contributed by atoms with E-state index in [4.69, 9.17) is 8.83 Å². The predicted octanol–water partition coefficient (Wildman–Crippen LogP) is 2.83. The summed E-state index contributed by atoms with van der Waals surface area (Å²) in [5, 5.41) is 9.41. The van der Waals surface area contributed by atoms with Crippen LogP contribution in [0.2, 0.25) is 0 Å². The number of carbonyl (C=O) groups excluding carboxylic acids is 1. The van der Waals surface area contributed by atoms with E-state index in [1.807, 2.05) is 53.1 Å². The van der Waals surface area contributed by atoms with E-state index in [0.717, 1.165) is 5.69 Å². The number of hydrogen-bond donors (Lipinski definition) is 0. The van der Waals surface area contributed by atoms with Gasteiger partial charge >= 0.3 is 0 Å². The lowest BCUT2D eigenvalue weighted by atomic mass is 10.1. The summed E-state index contributed by atoms with van der Waals surface area (Å²) < 4.78 is 11.1. The van der Waals surface area contributed by atoms with Gasteiger partial charge in [0.25, 0.3) is 11.8 Å². The van der Waals surface area contributed by atoms with Crippen LogP contribution >= 0.6 is 0 Å². The molecule has 0 spiro atoms. The highest BCUT2D eigenvalue weighted by Gasteiger charge is 2.27. The Bertz CT molecular complexity index is 1020. The number of nitriles is 1. The molecule has 1 aliphatic rings. The zero-order valence-electron chi connectivity index (χ0n) is 16.3. The van der Waals surface area contributed by atoms with Crippen molar-refractivity contribution in [1.82, 2.24) is 9.88 Å². The second kappa shape index (κ2) is 7.72. The van der Waals surface area contributed by atoms with Gasteiger partial charge in [-0.1, -0.05) is 0 Å². The van der Waals surface area contributed by atoms with E-state index in [0.29, 0.717) is 43.4 Å². The van der Waals surface area contributed by atoms with Crippen LogP contribution in [-0.4, -0.2) is 56.1 Å². The lowest BCUT2D eigenvalue weighted by Gasteiger charge is -2.34. The first kappa shape index (κ1) is 18.6. The fourth-order valence-corrected chi connectivity index (χ4v) is 3.30. The highest BCUT2D eigenvalue weighted by molar-refractivity contribution is 5.94. The zero-order chi connectivity index (χ0) is 20.4. The molecule has 1 aliphatic heterocycles. The van der Waals surface area contributed by atoms with Crippen LogP contribution < -0.4 is 9.80 Å². The molecule has 0 N–H and O–H groups in total. The number of aromatic nitrogens is 1. The van der Waals surface area contributed by atoms with Crippen molar-refractivity contribution in [2.24, 2.45) is 0 Å². The minimum atomic E-state index is 0.00399. The van der Waals surface area contributed by atoms with Gasteiger partial charge in [-0.3, -0.25) is 4.79 Å². The summed E-state index contributed by atoms with van der Waals surface area (Å²) in [5.41, 5.74) is 1.94. The van der Waals surface area contributed by atoms with Gasteiger partial charge in [0.05, 0.1) is 6.26 Å². The molecule has 4 rings (SSSR count). The van der Waals surface area contributed by atoms with E-state index in [-0.39, 0.29) is 17.5 Å². The average molecular weight is 391 g/mol.